The number of nitrogens with zero attached hydrogens (tertiary/aromatic N) is 2. The number of benzene rings is 1. The maximum Gasteiger partial charge on any atom is 0.254 e. The van der Waals surface area contributed by atoms with Gasteiger partial charge in [0.05, 0.1) is 6.54 Å². The fourth-order valence-corrected chi connectivity index (χ4v) is 2.85. The van der Waals surface area contributed by atoms with Gasteiger partial charge in [-0.05, 0) is 42.3 Å². The maximum absolute atomic E-state index is 15.2. The van der Waals surface area contributed by atoms with E-state index in [9.17, 15) is 9.18 Å². The molecule has 2 heterocycles. The molecule has 22 heavy (non-hydrogen) atoms. The Bertz CT molecular complexity index is 685. The van der Waals surface area contributed by atoms with Crippen LogP contribution < -0.4 is 0 Å². The van der Waals surface area contributed by atoms with Gasteiger partial charge in [-0.2, -0.15) is 0 Å². The molecule has 0 saturated carbocycles. The summed E-state index contributed by atoms with van der Waals surface area (Å²) in [6.45, 7) is 1.98. The van der Waals surface area contributed by atoms with Gasteiger partial charge in [0.15, 0.2) is 5.67 Å². The summed E-state index contributed by atoms with van der Waals surface area (Å²) in [4.78, 5) is 17.7. The summed E-state index contributed by atoms with van der Waals surface area (Å²) in [6.07, 6.45) is 3.23. The molecule has 0 N–H and O–H groups in total. The summed E-state index contributed by atoms with van der Waals surface area (Å²) in [6, 6.07) is 7.43. The highest BCUT2D eigenvalue weighted by molar-refractivity contribution is 5.94. The molecule has 5 heteroatoms. The Morgan fingerprint density at radius 1 is 1.27 bits per heavy atom. The summed E-state index contributed by atoms with van der Waals surface area (Å²) in [5, 5.41) is 0. The third-order valence-electron chi connectivity index (χ3n) is 3.99. The maximum atomic E-state index is 15.2. The van der Waals surface area contributed by atoms with Gasteiger partial charge in [-0.3, -0.25) is 9.78 Å². The minimum atomic E-state index is -1.70. The van der Waals surface area contributed by atoms with Crippen LogP contribution in [0.5, 0.6) is 0 Å². The quantitative estimate of drug-likeness (QED) is 0.853. The predicted octanol–water partition coefficient (Wildman–Crippen LogP) is 3.24. The van der Waals surface area contributed by atoms with Crippen molar-refractivity contribution in [1.82, 2.24) is 9.88 Å². The second-order valence-electron chi connectivity index (χ2n) is 5.70. The van der Waals surface area contributed by atoms with Crippen LogP contribution in [0.1, 0.15) is 27.9 Å². The molecule has 1 saturated heterocycles. The lowest BCUT2D eigenvalue weighted by molar-refractivity contribution is 0.0750. The van der Waals surface area contributed by atoms with Gasteiger partial charge in [0.2, 0.25) is 0 Å². The SMILES string of the molecule is Cc1cc(F)cc(C2(F)CCN(C(=O)c3ccncc3)C2)c1. The number of halogens is 2. The average Bonchev–Trinajstić information content (AvgIpc) is 2.90. The van der Waals surface area contributed by atoms with E-state index in [0.717, 1.165) is 0 Å². The molecule has 1 fully saturated rings. The minimum absolute atomic E-state index is 0.0585. The average molecular weight is 302 g/mol. The van der Waals surface area contributed by atoms with Crippen molar-refractivity contribution in [1.29, 1.82) is 0 Å². The number of alkyl halides is 1. The van der Waals surface area contributed by atoms with Gasteiger partial charge < -0.3 is 4.90 Å². The zero-order chi connectivity index (χ0) is 15.7. The molecule has 1 aliphatic heterocycles. The molecule has 1 aromatic heterocycles. The highest BCUT2D eigenvalue weighted by atomic mass is 19.1. The molecule has 2 aromatic rings. The van der Waals surface area contributed by atoms with Crippen LogP contribution in [-0.2, 0) is 5.67 Å². The standard InChI is InChI=1S/C17H16F2N2O/c1-12-8-14(10-15(18)9-12)17(19)4-7-21(11-17)16(22)13-2-5-20-6-3-13/h2-3,5-6,8-10H,4,7,11H2,1H3. The van der Waals surface area contributed by atoms with E-state index in [2.05, 4.69) is 4.98 Å². The molecule has 0 bridgehead atoms. The van der Waals surface area contributed by atoms with Crippen LogP contribution in [0.25, 0.3) is 0 Å². The molecule has 114 valence electrons. The Balaban J connectivity index is 1.83. The van der Waals surface area contributed by atoms with E-state index in [0.29, 0.717) is 23.2 Å². The third-order valence-corrected chi connectivity index (χ3v) is 3.99. The predicted molar refractivity (Wildman–Crippen MR) is 78.7 cm³/mol. The Kier molecular flexibility index (Phi) is 3.64. The number of amides is 1. The van der Waals surface area contributed by atoms with E-state index in [1.165, 1.54) is 29.4 Å². The lowest BCUT2D eigenvalue weighted by atomic mass is 9.93. The molecule has 1 aliphatic rings. The number of carbonyl (C=O) groups is 1. The smallest absolute Gasteiger partial charge is 0.254 e. The number of aromatic nitrogens is 1. The molecule has 1 unspecified atom stereocenters. The fraction of sp³-hybridized carbons (Fsp3) is 0.294. The summed E-state index contributed by atoms with van der Waals surface area (Å²) in [7, 11) is 0. The van der Waals surface area contributed by atoms with Gasteiger partial charge in [0, 0.05) is 30.9 Å². The molecule has 1 aromatic carbocycles. The van der Waals surface area contributed by atoms with Crippen molar-refractivity contribution in [3.63, 3.8) is 0 Å². The van der Waals surface area contributed by atoms with Gasteiger partial charge in [0.25, 0.3) is 5.91 Å². The van der Waals surface area contributed by atoms with Gasteiger partial charge >= 0.3 is 0 Å². The first-order chi connectivity index (χ1) is 10.5. The highest BCUT2D eigenvalue weighted by Gasteiger charge is 2.42. The molecule has 3 rings (SSSR count). The van der Waals surface area contributed by atoms with Crippen LogP contribution >= 0.6 is 0 Å². The molecule has 0 radical (unpaired) electrons. The first-order valence-corrected chi connectivity index (χ1v) is 7.14. The first kappa shape index (κ1) is 14.6. The van der Waals surface area contributed by atoms with Crippen LogP contribution in [-0.4, -0.2) is 28.9 Å². The van der Waals surface area contributed by atoms with Crippen molar-refractivity contribution < 1.29 is 13.6 Å². The van der Waals surface area contributed by atoms with Crippen molar-refractivity contribution in [2.75, 3.05) is 13.1 Å². The number of carbonyl (C=O) groups excluding carboxylic acids is 1. The first-order valence-electron chi connectivity index (χ1n) is 7.14. The highest BCUT2D eigenvalue weighted by Crippen LogP contribution is 2.37. The van der Waals surface area contributed by atoms with Crippen molar-refractivity contribution in [2.45, 2.75) is 19.0 Å². The Morgan fingerprint density at radius 3 is 2.68 bits per heavy atom. The number of aryl methyl sites for hydroxylation is 1. The topological polar surface area (TPSA) is 33.2 Å². The molecule has 0 spiro atoms. The van der Waals surface area contributed by atoms with E-state index in [1.54, 1.807) is 25.1 Å². The van der Waals surface area contributed by atoms with Crippen LogP contribution in [0.2, 0.25) is 0 Å². The summed E-state index contributed by atoms with van der Waals surface area (Å²) in [5.41, 5.74) is -0.245. The van der Waals surface area contributed by atoms with E-state index < -0.39 is 11.5 Å². The second-order valence-corrected chi connectivity index (χ2v) is 5.70. The van der Waals surface area contributed by atoms with Crippen molar-refractivity contribution in [2.24, 2.45) is 0 Å². The Morgan fingerprint density at radius 2 is 2.00 bits per heavy atom. The van der Waals surface area contributed by atoms with Crippen LogP contribution in [0.4, 0.5) is 8.78 Å². The van der Waals surface area contributed by atoms with Crippen LogP contribution in [0.15, 0.2) is 42.7 Å². The molecular formula is C17H16F2N2O. The summed E-state index contributed by atoms with van der Waals surface area (Å²) < 4.78 is 28.7. The van der Waals surface area contributed by atoms with E-state index in [-0.39, 0.29) is 18.9 Å². The summed E-state index contributed by atoms with van der Waals surface area (Å²) >= 11 is 0. The van der Waals surface area contributed by atoms with E-state index in [1.807, 2.05) is 0 Å². The van der Waals surface area contributed by atoms with E-state index >= 15 is 4.39 Å². The fourth-order valence-electron chi connectivity index (χ4n) is 2.85. The lowest BCUT2D eigenvalue weighted by Crippen LogP contribution is -2.32. The largest absolute Gasteiger partial charge is 0.335 e. The van der Waals surface area contributed by atoms with E-state index in [4.69, 9.17) is 0 Å². The zero-order valence-electron chi connectivity index (χ0n) is 12.2. The number of rotatable bonds is 2. The normalized spacial score (nSPS) is 21.1. The number of likely N-dealkylation sites (tertiary alicyclic amines) is 1. The Labute approximate surface area is 127 Å². The van der Waals surface area contributed by atoms with Gasteiger partial charge in [-0.1, -0.05) is 6.07 Å². The lowest BCUT2D eigenvalue weighted by Gasteiger charge is -2.22. The number of pyridine rings is 1. The van der Waals surface area contributed by atoms with Crippen molar-refractivity contribution in [3.8, 4) is 0 Å². The zero-order valence-corrected chi connectivity index (χ0v) is 12.2. The molecule has 1 amide bonds. The number of hydrogen-bond acceptors (Lipinski definition) is 2. The minimum Gasteiger partial charge on any atom is -0.335 e. The van der Waals surface area contributed by atoms with Crippen LogP contribution in [0, 0.1) is 12.7 Å². The molecule has 3 nitrogen and oxygen atoms in total. The van der Waals surface area contributed by atoms with Crippen LogP contribution in [0.3, 0.4) is 0 Å². The van der Waals surface area contributed by atoms with Crippen molar-refractivity contribution in [3.05, 3.63) is 65.2 Å². The van der Waals surface area contributed by atoms with Gasteiger partial charge in [-0.15, -0.1) is 0 Å². The Hall–Kier alpha value is -2.30. The van der Waals surface area contributed by atoms with Crippen molar-refractivity contribution >= 4 is 5.91 Å². The van der Waals surface area contributed by atoms with Gasteiger partial charge in [0.1, 0.15) is 5.82 Å². The molecule has 1 atom stereocenters. The molecular weight excluding hydrogens is 286 g/mol. The molecule has 0 aliphatic carbocycles. The third kappa shape index (κ3) is 2.71. The van der Waals surface area contributed by atoms with Gasteiger partial charge in [-0.25, -0.2) is 8.78 Å². The summed E-state index contributed by atoms with van der Waals surface area (Å²) in [5.74, 6) is -0.680. The monoisotopic (exact) mass is 302 g/mol. The number of hydrogen-bond donors (Lipinski definition) is 0. The second kappa shape index (κ2) is 5.48.